The third kappa shape index (κ3) is 5.92. The van der Waals surface area contributed by atoms with Gasteiger partial charge in [0.05, 0.1) is 19.7 Å². The molecule has 0 aliphatic rings. The first-order valence-electron chi connectivity index (χ1n) is 9.54. The molecule has 3 aromatic carbocycles. The second-order valence-corrected chi connectivity index (χ2v) is 7.75. The molecule has 0 aromatic heterocycles. The average Bonchev–Trinajstić information content (AvgIpc) is 2.77. The standard InChI is InChI=1S/C24H25BrN2O2/c1-17(18-8-12-21(25)13-9-18)26-16-23(28)27-24(19-6-4-3-5-7-19)20-10-14-22(29-2)15-11-20/h3-15,17,24,26H,16H2,1-2H3,(H,27,28)/t17-,24-/m0/s1. The van der Waals surface area contributed by atoms with Gasteiger partial charge < -0.3 is 15.4 Å². The van der Waals surface area contributed by atoms with Crippen LogP contribution in [0.3, 0.4) is 0 Å². The summed E-state index contributed by atoms with van der Waals surface area (Å²) in [4.78, 5) is 12.7. The minimum Gasteiger partial charge on any atom is -0.497 e. The van der Waals surface area contributed by atoms with Gasteiger partial charge in [0.1, 0.15) is 5.75 Å². The molecular weight excluding hydrogens is 428 g/mol. The van der Waals surface area contributed by atoms with Crippen LogP contribution in [0.15, 0.2) is 83.3 Å². The number of rotatable bonds is 8. The van der Waals surface area contributed by atoms with Crippen molar-refractivity contribution in [3.8, 4) is 5.75 Å². The summed E-state index contributed by atoms with van der Waals surface area (Å²) in [5.41, 5.74) is 3.18. The quantitative estimate of drug-likeness (QED) is 0.504. The number of ether oxygens (including phenoxy) is 1. The molecule has 3 rings (SSSR count). The summed E-state index contributed by atoms with van der Waals surface area (Å²) < 4.78 is 6.29. The maximum Gasteiger partial charge on any atom is 0.234 e. The van der Waals surface area contributed by atoms with E-state index in [4.69, 9.17) is 4.74 Å². The van der Waals surface area contributed by atoms with E-state index in [9.17, 15) is 4.79 Å². The van der Waals surface area contributed by atoms with Gasteiger partial charge in [-0.15, -0.1) is 0 Å². The monoisotopic (exact) mass is 452 g/mol. The van der Waals surface area contributed by atoms with Crippen molar-refractivity contribution in [2.75, 3.05) is 13.7 Å². The van der Waals surface area contributed by atoms with Crippen LogP contribution in [0.2, 0.25) is 0 Å². The normalized spacial score (nSPS) is 12.8. The molecule has 2 atom stereocenters. The number of carbonyl (C=O) groups excluding carboxylic acids is 1. The fourth-order valence-electron chi connectivity index (χ4n) is 3.13. The van der Waals surface area contributed by atoms with Crippen molar-refractivity contribution in [2.45, 2.75) is 19.0 Å². The fraction of sp³-hybridized carbons (Fsp3) is 0.208. The minimum absolute atomic E-state index is 0.0568. The lowest BCUT2D eigenvalue weighted by Crippen LogP contribution is -2.37. The molecule has 0 unspecified atom stereocenters. The van der Waals surface area contributed by atoms with Crippen LogP contribution in [-0.4, -0.2) is 19.6 Å². The molecule has 3 aromatic rings. The van der Waals surface area contributed by atoms with E-state index >= 15 is 0 Å². The first-order chi connectivity index (χ1) is 14.1. The molecule has 0 saturated heterocycles. The number of carbonyl (C=O) groups is 1. The van der Waals surface area contributed by atoms with E-state index in [2.05, 4.69) is 33.5 Å². The second kappa shape index (κ2) is 10.2. The zero-order valence-electron chi connectivity index (χ0n) is 16.6. The van der Waals surface area contributed by atoms with Gasteiger partial charge in [0.25, 0.3) is 0 Å². The van der Waals surface area contributed by atoms with Crippen molar-refractivity contribution in [1.29, 1.82) is 0 Å². The second-order valence-electron chi connectivity index (χ2n) is 6.84. The largest absolute Gasteiger partial charge is 0.497 e. The molecule has 29 heavy (non-hydrogen) atoms. The molecule has 0 aliphatic carbocycles. The summed E-state index contributed by atoms with van der Waals surface area (Å²) in [5, 5.41) is 6.45. The van der Waals surface area contributed by atoms with E-state index in [0.29, 0.717) is 0 Å². The summed E-state index contributed by atoms with van der Waals surface area (Å²) in [6.45, 7) is 2.28. The van der Waals surface area contributed by atoms with Crippen LogP contribution in [-0.2, 0) is 4.79 Å². The van der Waals surface area contributed by atoms with Gasteiger partial charge in [-0.25, -0.2) is 0 Å². The number of methoxy groups -OCH3 is 1. The molecule has 2 N–H and O–H groups in total. The van der Waals surface area contributed by atoms with Crippen molar-refractivity contribution >= 4 is 21.8 Å². The Morgan fingerprint density at radius 2 is 1.48 bits per heavy atom. The summed E-state index contributed by atoms with van der Waals surface area (Å²) in [5.74, 6) is 0.732. The van der Waals surface area contributed by atoms with Crippen LogP contribution in [0.5, 0.6) is 5.75 Å². The maximum atomic E-state index is 12.7. The number of nitrogens with one attached hydrogen (secondary N) is 2. The summed E-state index contributed by atoms with van der Waals surface area (Å²) >= 11 is 3.44. The summed E-state index contributed by atoms with van der Waals surface area (Å²) in [7, 11) is 1.64. The fourth-order valence-corrected chi connectivity index (χ4v) is 3.39. The first-order valence-corrected chi connectivity index (χ1v) is 10.3. The van der Waals surface area contributed by atoms with Gasteiger partial charge in [-0.1, -0.05) is 70.5 Å². The number of hydrogen-bond donors (Lipinski definition) is 2. The molecule has 5 heteroatoms. The number of halogens is 1. The Morgan fingerprint density at radius 1 is 0.897 bits per heavy atom. The first kappa shape index (κ1) is 21.1. The van der Waals surface area contributed by atoms with E-state index in [0.717, 1.165) is 26.9 Å². The van der Waals surface area contributed by atoms with E-state index in [1.54, 1.807) is 7.11 Å². The third-order valence-corrected chi connectivity index (χ3v) is 5.35. The lowest BCUT2D eigenvalue weighted by atomic mass is 9.98. The van der Waals surface area contributed by atoms with Crippen LogP contribution in [0, 0.1) is 0 Å². The van der Waals surface area contributed by atoms with E-state index in [1.807, 2.05) is 78.9 Å². The highest BCUT2D eigenvalue weighted by molar-refractivity contribution is 9.10. The maximum absolute atomic E-state index is 12.7. The van der Waals surface area contributed by atoms with Gasteiger partial charge >= 0.3 is 0 Å². The minimum atomic E-state index is -0.223. The van der Waals surface area contributed by atoms with Crippen molar-refractivity contribution < 1.29 is 9.53 Å². The zero-order chi connectivity index (χ0) is 20.6. The van der Waals surface area contributed by atoms with Gasteiger partial charge in [-0.3, -0.25) is 4.79 Å². The van der Waals surface area contributed by atoms with Gasteiger partial charge in [-0.05, 0) is 47.9 Å². The molecule has 4 nitrogen and oxygen atoms in total. The summed E-state index contributed by atoms with van der Waals surface area (Å²) in [6, 6.07) is 25.7. The van der Waals surface area contributed by atoms with Crippen molar-refractivity contribution in [1.82, 2.24) is 10.6 Å². The molecular formula is C24H25BrN2O2. The predicted molar refractivity (Wildman–Crippen MR) is 120 cm³/mol. The van der Waals surface area contributed by atoms with Crippen LogP contribution in [0.4, 0.5) is 0 Å². The Hall–Kier alpha value is -2.63. The third-order valence-electron chi connectivity index (χ3n) is 4.83. The van der Waals surface area contributed by atoms with Gasteiger partial charge in [-0.2, -0.15) is 0 Å². The molecule has 0 heterocycles. The van der Waals surface area contributed by atoms with Crippen LogP contribution in [0.25, 0.3) is 0 Å². The Balaban J connectivity index is 1.68. The molecule has 150 valence electrons. The van der Waals surface area contributed by atoms with Gasteiger partial charge in [0.15, 0.2) is 0 Å². The molecule has 0 spiro atoms. The van der Waals surface area contributed by atoms with Crippen LogP contribution < -0.4 is 15.4 Å². The smallest absolute Gasteiger partial charge is 0.234 e. The Kier molecular flexibility index (Phi) is 7.44. The molecule has 0 aliphatic heterocycles. The van der Waals surface area contributed by atoms with Crippen molar-refractivity contribution in [2.24, 2.45) is 0 Å². The summed E-state index contributed by atoms with van der Waals surface area (Å²) in [6.07, 6.45) is 0. The highest BCUT2D eigenvalue weighted by atomic mass is 79.9. The van der Waals surface area contributed by atoms with Gasteiger partial charge in [0, 0.05) is 10.5 Å². The SMILES string of the molecule is COc1ccc([C@@H](NC(=O)CN[C@@H](C)c2ccc(Br)cc2)c2ccccc2)cc1. The number of amides is 1. The average molecular weight is 453 g/mol. The van der Waals surface area contributed by atoms with Crippen LogP contribution in [0.1, 0.15) is 35.7 Å². The molecule has 0 saturated carbocycles. The van der Waals surface area contributed by atoms with E-state index in [-0.39, 0.29) is 24.5 Å². The topological polar surface area (TPSA) is 50.4 Å². The number of hydrogen-bond acceptors (Lipinski definition) is 3. The van der Waals surface area contributed by atoms with Crippen molar-refractivity contribution in [3.63, 3.8) is 0 Å². The van der Waals surface area contributed by atoms with Crippen molar-refractivity contribution in [3.05, 3.63) is 100 Å². The molecule has 0 bridgehead atoms. The van der Waals surface area contributed by atoms with E-state index < -0.39 is 0 Å². The Labute approximate surface area is 180 Å². The zero-order valence-corrected chi connectivity index (χ0v) is 18.1. The lowest BCUT2D eigenvalue weighted by molar-refractivity contribution is -0.120. The highest BCUT2D eigenvalue weighted by Crippen LogP contribution is 2.24. The number of benzene rings is 3. The van der Waals surface area contributed by atoms with E-state index in [1.165, 1.54) is 0 Å². The Bertz CT molecular complexity index is 912. The lowest BCUT2D eigenvalue weighted by Gasteiger charge is -2.21. The van der Waals surface area contributed by atoms with Crippen LogP contribution >= 0.6 is 15.9 Å². The highest BCUT2D eigenvalue weighted by Gasteiger charge is 2.17. The predicted octanol–water partition coefficient (Wildman–Crippen LogP) is 5.01. The Morgan fingerprint density at radius 3 is 2.10 bits per heavy atom. The molecule has 0 fully saturated rings. The molecule has 0 radical (unpaired) electrons. The van der Waals surface area contributed by atoms with Gasteiger partial charge in [0.2, 0.25) is 5.91 Å². The molecule has 1 amide bonds.